The van der Waals surface area contributed by atoms with Gasteiger partial charge >= 0.3 is 0 Å². The normalized spacial score (nSPS) is 15.4. The molecule has 1 atom stereocenters. The highest BCUT2D eigenvalue weighted by Crippen LogP contribution is 2.31. The Bertz CT molecular complexity index is 1110. The van der Waals surface area contributed by atoms with Crippen molar-refractivity contribution in [3.63, 3.8) is 0 Å². The lowest BCUT2D eigenvalue weighted by molar-refractivity contribution is -0.124. The van der Waals surface area contributed by atoms with Crippen molar-refractivity contribution < 1.29 is 14.3 Å². The number of hydrogen-bond acceptors (Lipinski definition) is 4. The Balaban J connectivity index is 1.48. The molecule has 3 aromatic carbocycles. The number of nitrogens with one attached hydrogen (secondary N) is 2. The fraction of sp³-hybridized carbons (Fsp3) is 0.286. The molecule has 1 saturated heterocycles. The topological polar surface area (TPSA) is 70.7 Å². The Kier molecular flexibility index (Phi) is 7.60. The predicted octanol–water partition coefficient (Wildman–Crippen LogP) is 5.03. The molecule has 6 nitrogen and oxygen atoms in total. The van der Waals surface area contributed by atoms with E-state index in [1.165, 1.54) is 0 Å². The first-order chi connectivity index (χ1) is 16.5. The van der Waals surface area contributed by atoms with E-state index in [-0.39, 0.29) is 17.7 Å². The molecule has 6 heteroatoms. The summed E-state index contributed by atoms with van der Waals surface area (Å²) in [6.07, 6.45) is 1.39. The highest BCUT2D eigenvalue weighted by molar-refractivity contribution is 5.97. The SMILES string of the molecule is COc1ccc(C)cc1NC(=O)[C@H](c1ccccc1)N1CCC(C(=O)Nc2ccccc2)CC1. The number of amides is 2. The number of para-hydroxylation sites is 1. The molecule has 2 N–H and O–H groups in total. The van der Waals surface area contributed by atoms with Gasteiger partial charge in [-0.2, -0.15) is 0 Å². The fourth-order valence-corrected chi connectivity index (χ4v) is 4.47. The van der Waals surface area contributed by atoms with E-state index in [2.05, 4.69) is 15.5 Å². The van der Waals surface area contributed by atoms with Gasteiger partial charge in [0.15, 0.2) is 0 Å². The summed E-state index contributed by atoms with van der Waals surface area (Å²) in [7, 11) is 1.60. The number of benzene rings is 3. The van der Waals surface area contributed by atoms with Crippen LogP contribution in [0.3, 0.4) is 0 Å². The maximum absolute atomic E-state index is 13.6. The summed E-state index contributed by atoms with van der Waals surface area (Å²) in [6, 6.07) is 24.6. The summed E-state index contributed by atoms with van der Waals surface area (Å²) in [5.41, 5.74) is 3.44. The van der Waals surface area contributed by atoms with Crippen LogP contribution in [0.4, 0.5) is 11.4 Å². The smallest absolute Gasteiger partial charge is 0.246 e. The molecule has 0 unspecified atom stereocenters. The van der Waals surface area contributed by atoms with E-state index < -0.39 is 6.04 Å². The molecule has 0 aliphatic carbocycles. The largest absolute Gasteiger partial charge is 0.495 e. The van der Waals surface area contributed by atoms with Crippen molar-refractivity contribution in [1.82, 2.24) is 4.90 Å². The molecule has 1 heterocycles. The number of likely N-dealkylation sites (tertiary alicyclic amines) is 1. The van der Waals surface area contributed by atoms with Gasteiger partial charge in [0, 0.05) is 11.6 Å². The Morgan fingerprint density at radius 1 is 0.912 bits per heavy atom. The van der Waals surface area contributed by atoms with Crippen LogP contribution in [-0.2, 0) is 9.59 Å². The molecule has 2 amide bonds. The molecule has 1 aliphatic rings. The summed E-state index contributed by atoms with van der Waals surface area (Å²) in [5.74, 6) is 0.480. The van der Waals surface area contributed by atoms with Gasteiger partial charge in [0.1, 0.15) is 11.8 Å². The van der Waals surface area contributed by atoms with Crippen LogP contribution in [0, 0.1) is 12.8 Å². The first-order valence-corrected chi connectivity index (χ1v) is 11.7. The zero-order valence-corrected chi connectivity index (χ0v) is 19.7. The minimum atomic E-state index is -0.454. The molecule has 34 heavy (non-hydrogen) atoms. The molecule has 4 rings (SSSR count). The van der Waals surface area contributed by atoms with Crippen molar-refractivity contribution in [1.29, 1.82) is 0 Å². The van der Waals surface area contributed by atoms with Gasteiger partial charge in [-0.1, -0.05) is 54.6 Å². The third-order valence-electron chi connectivity index (χ3n) is 6.28. The molecule has 3 aromatic rings. The third-order valence-corrected chi connectivity index (χ3v) is 6.28. The minimum absolute atomic E-state index is 0.0380. The average molecular weight is 458 g/mol. The number of methoxy groups -OCH3 is 1. The molecule has 1 aliphatic heterocycles. The first kappa shape index (κ1) is 23.5. The van der Waals surface area contributed by atoms with Gasteiger partial charge in [-0.25, -0.2) is 0 Å². The maximum atomic E-state index is 13.6. The number of aryl methyl sites for hydroxylation is 1. The van der Waals surface area contributed by atoms with Gasteiger partial charge < -0.3 is 15.4 Å². The first-order valence-electron chi connectivity index (χ1n) is 11.7. The standard InChI is InChI=1S/C28H31N3O3/c1-20-13-14-25(34-2)24(19-20)30-28(33)26(21-9-5-3-6-10-21)31-17-15-22(16-18-31)27(32)29-23-11-7-4-8-12-23/h3-14,19,22,26H,15-18H2,1-2H3,(H,29,32)(H,30,33)/t26-/m0/s1. The van der Waals surface area contributed by atoms with E-state index in [9.17, 15) is 9.59 Å². The molecule has 0 spiro atoms. The van der Waals surface area contributed by atoms with E-state index in [4.69, 9.17) is 4.74 Å². The highest BCUT2D eigenvalue weighted by atomic mass is 16.5. The van der Waals surface area contributed by atoms with Crippen LogP contribution in [-0.4, -0.2) is 36.9 Å². The number of rotatable bonds is 7. The molecule has 0 saturated carbocycles. The Morgan fingerprint density at radius 3 is 2.21 bits per heavy atom. The van der Waals surface area contributed by atoms with Crippen molar-refractivity contribution in [3.05, 3.63) is 90.0 Å². The zero-order chi connectivity index (χ0) is 23.9. The van der Waals surface area contributed by atoms with Crippen molar-refractivity contribution in [3.8, 4) is 5.75 Å². The Morgan fingerprint density at radius 2 is 1.56 bits per heavy atom. The molecule has 0 bridgehead atoms. The second-order valence-electron chi connectivity index (χ2n) is 8.67. The van der Waals surface area contributed by atoms with Gasteiger partial charge in [0.25, 0.3) is 0 Å². The quantitative estimate of drug-likeness (QED) is 0.522. The van der Waals surface area contributed by atoms with E-state index in [0.717, 1.165) is 16.8 Å². The van der Waals surface area contributed by atoms with Crippen LogP contribution < -0.4 is 15.4 Å². The minimum Gasteiger partial charge on any atom is -0.495 e. The lowest BCUT2D eigenvalue weighted by atomic mass is 9.93. The van der Waals surface area contributed by atoms with Gasteiger partial charge in [0.05, 0.1) is 12.8 Å². The van der Waals surface area contributed by atoms with E-state index in [1.807, 2.05) is 85.8 Å². The van der Waals surface area contributed by atoms with Crippen LogP contribution in [0.5, 0.6) is 5.75 Å². The summed E-state index contributed by atoms with van der Waals surface area (Å²) < 4.78 is 5.45. The van der Waals surface area contributed by atoms with Crippen LogP contribution >= 0.6 is 0 Å². The van der Waals surface area contributed by atoms with Crippen molar-refractivity contribution in [2.24, 2.45) is 5.92 Å². The van der Waals surface area contributed by atoms with Crippen LogP contribution in [0.25, 0.3) is 0 Å². The second-order valence-corrected chi connectivity index (χ2v) is 8.67. The number of carbonyl (C=O) groups excluding carboxylic acids is 2. The van der Waals surface area contributed by atoms with Gasteiger partial charge in [-0.3, -0.25) is 14.5 Å². The Labute approximate surface area is 200 Å². The zero-order valence-electron chi connectivity index (χ0n) is 19.7. The predicted molar refractivity (Wildman–Crippen MR) is 135 cm³/mol. The molecular weight excluding hydrogens is 426 g/mol. The molecule has 0 aromatic heterocycles. The van der Waals surface area contributed by atoms with Crippen molar-refractivity contribution in [2.75, 3.05) is 30.8 Å². The monoisotopic (exact) mass is 457 g/mol. The lowest BCUT2D eigenvalue weighted by Gasteiger charge is -2.36. The average Bonchev–Trinajstić information content (AvgIpc) is 2.86. The van der Waals surface area contributed by atoms with E-state index in [1.54, 1.807) is 7.11 Å². The molecule has 1 fully saturated rings. The number of carbonyl (C=O) groups is 2. The third kappa shape index (κ3) is 5.64. The molecule has 0 radical (unpaired) electrons. The van der Waals surface area contributed by atoms with Crippen LogP contribution in [0.15, 0.2) is 78.9 Å². The summed E-state index contributed by atoms with van der Waals surface area (Å²) in [5, 5.41) is 6.09. The van der Waals surface area contributed by atoms with Gasteiger partial charge in [0.2, 0.25) is 11.8 Å². The second kappa shape index (κ2) is 11.0. The summed E-state index contributed by atoms with van der Waals surface area (Å²) in [4.78, 5) is 28.5. The Hall–Kier alpha value is -3.64. The molecular formula is C28H31N3O3. The van der Waals surface area contributed by atoms with E-state index in [0.29, 0.717) is 37.4 Å². The highest BCUT2D eigenvalue weighted by Gasteiger charge is 2.33. The number of ether oxygens (including phenoxy) is 1. The lowest BCUT2D eigenvalue weighted by Crippen LogP contribution is -2.44. The van der Waals surface area contributed by atoms with Gasteiger partial charge in [-0.15, -0.1) is 0 Å². The maximum Gasteiger partial charge on any atom is 0.246 e. The summed E-state index contributed by atoms with van der Waals surface area (Å²) in [6.45, 7) is 3.30. The van der Waals surface area contributed by atoms with Crippen molar-refractivity contribution in [2.45, 2.75) is 25.8 Å². The number of hydrogen-bond donors (Lipinski definition) is 2. The number of piperidine rings is 1. The fourth-order valence-electron chi connectivity index (χ4n) is 4.47. The van der Waals surface area contributed by atoms with Crippen LogP contribution in [0.2, 0.25) is 0 Å². The number of nitrogens with zero attached hydrogens (tertiary/aromatic N) is 1. The number of anilines is 2. The van der Waals surface area contributed by atoms with Gasteiger partial charge in [-0.05, 0) is 68.2 Å². The van der Waals surface area contributed by atoms with Crippen molar-refractivity contribution >= 4 is 23.2 Å². The van der Waals surface area contributed by atoms with Crippen LogP contribution in [0.1, 0.15) is 30.0 Å². The molecule has 176 valence electrons. The summed E-state index contributed by atoms with van der Waals surface area (Å²) >= 11 is 0. The van der Waals surface area contributed by atoms with E-state index >= 15 is 0 Å².